The minimum atomic E-state index is -0.588. The van der Waals surface area contributed by atoms with Gasteiger partial charge < -0.3 is 14.5 Å². The molecule has 0 bridgehead atoms. The predicted molar refractivity (Wildman–Crippen MR) is 75.9 cm³/mol. The number of aromatic nitrogens is 1. The average Bonchev–Trinajstić information content (AvgIpc) is 2.74. The lowest BCUT2D eigenvalue weighted by Gasteiger charge is -2.21. The van der Waals surface area contributed by atoms with Crippen LogP contribution < -0.4 is 10.9 Å². The molecule has 0 saturated carbocycles. The first-order valence-corrected chi connectivity index (χ1v) is 7.02. The highest BCUT2D eigenvalue weighted by molar-refractivity contribution is 7.17. The summed E-state index contributed by atoms with van der Waals surface area (Å²) in [5, 5.41) is 4.35. The van der Waals surface area contributed by atoms with E-state index in [1.807, 2.05) is 0 Å². The normalized spacial score (nSPS) is 13.2. The number of carbonyl (C=O) groups is 1. The third kappa shape index (κ3) is 3.36. The van der Waals surface area contributed by atoms with E-state index in [0.29, 0.717) is 10.2 Å². The van der Waals surface area contributed by atoms with Crippen molar-refractivity contribution in [1.29, 1.82) is 0 Å². The number of nitrogens with one attached hydrogen (secondary N) is 1. The van der Waals surface area contributed by atoms with E-state index in [2.05, 4.69) is 10.3 Å². The smallest absolute Gasteiger partial charge is 0.408 e. The van der Waals surface area contributed by atoms with Gasteiger partial charge >= 0.3 is 11.7 Å². The molecule has 0 radical (unpaired) electrons. The third-order valence-electron chi connectivity index (χ3n) is 2.36. The molecule has 0 fully saturated rings. The van der Waals surface area contributed by atoms with Crippen molar-refractivity contribution in [3.8, 4) is 0 Å². The fraction of sp³-hybridized carbons (Fsp3) is 0.462. The van der Waals surface area contributed by atoms with E-state index in [0.717, 1.165) is 0 Å². The maximum atomic E-state index is 11.7. The van der Waals surface area contributed by atoms with Crippen molar-refractivity contribution >= 4 is 27.6 Å². The Kier molecular flexibility index (Phi) is 3.80. The molecular formula is C13H16N2O4S. The summed E-state index contributed by atoms with van der Waals surface area (Å²) in [4.78, 5) is 27.6. The Hall–Kier alpha value is -1.89. The van der Waals surface area contributed by atoms with Gasteiger partial charge in [0, 0.05) is 0 Å². The highest BCUT2D eigenvalue weighted by Crippen LogP contribution is 2.18. The molecule has 0 unspecified atom stereocenters. The molecule has 2 aromatic rings. The second-order valence-electron chi connectivity index (χ2n) is 5.34. The van der Waals surface area contributed by atoms with Crippen LogP contribution in [0.5, 0.6) is 0 Å². The number of rotatable bonds is 2. The zero-order valence-electron chi connectivity index (χ0n) is 11.7. The first-order valence-electron chi connectivity index (χ1n) is 6.14. The number of alkyl carbamates (subject to hydrolysis) is 1. The van der Waals surface area contributed by atoms with E-state index < -0.39 is 23.4 Å². The Balaban J connectivity index is 2.17. The lowest BCUT2D eigenvalue weighted by Crippen LogP contribution is -2.34. The number of carbonyl (C=O) groups excluding carboxylic acids is 1. The van der Waals surface area contributed by atoms with E-state index in [9.17, 15) is 9.59 Å². The molecule has 2 aromatic heterocycles. The summed E-state index contributed by atoms with van der Waals surface area (Å²) in [5.41, 5.74) is -0.466. The number of ether oxygens (including phenoxy) is 1. The third-order valence-corrected chi connectivity index (χ3v) is 3.25. The number of fused-ring (bicyclic) bond motifs is 1. The maximum Gasteiger partial charge on any atom is 0.408 e. The van der Waals surface area contributed by atoms with Crippen LogP contribution >= 0.6 is 11.3 Å². The van der Waals surface area contributed by atoms with Gasteiger partial charge in [-0.25, -0.2) is 14.6 Å². The number of hydrogen-bond donors (Lipinski definition) is 1. The van der Waals surface area contributed by atoms with Crippen molar-refractivity contribution in [1.82, 2.24) is 10.3 Å². The molecule has 0 aliphatic carbocycles. The van der Waals surface area contributed by atoms with Gasteiger partial charge in [-0.05, 0) is 39.1 Å². The van der Waals surface area contributed by atoms with Gasteiger partial charge in [0.25, 0.3) is 0 Å². The first kappa shape index (κ1) is 14.5. The Labute approximate surface area is 119 Å². The largest absolute Gasteiger partial charge is 0.444 e. The van der Waals surface area contributed by atoms with Crippen LogP contribution in [-0.4, -0.2) is 16.7 Å². The van der Waals surface area contributed by atoms with Crippen LogP contribution in [0, 0.1) is 0 Å². The molecule has 2 heterocycles. The molecule has 0 aliphatic heterocycles. The lowest BCUT2D eigenvalue weighted by molar-refractivity contribution is 0.0499. The minimum absolute atomic E-state index is 0.159. The molecule has 0 spiro atoms. The molecule has 2 rings (SSSR count). The van der Waals surface area contributed by atoms with Crippen LogP contribution in [0.25, 0.3) is 10.2 Å². The molecule has 20 heavy (non-hydrogen) atoms. The minimum Gasteiger partial charge on any atom is -0.444 e. The highest BCUT2D eigenvalue weighted by atomic mass is 32.1. The topological polar surface area (TPSA) is 81.4 Å². The Morgan fingerprint density at radius 3 is 2.85 bits per heavy atom. The number of hydrogen-bond acceptors (Lipinski definition) is 6. The molecule has 1 atom stereocenters. The highest BCUT2D eigenvalue weighted by Gasteiger charge is 2.20. The van der Waals surface area contributed by atoms with Gasteiger partial charge in [-0.1, -0.05) is 0 Å². The second kappa shape index (κ2) is 5.24. The van der Waals surface area contributed by atoms with Crippen LogP contribution in [0.4, 0.5) is 4.79 Å². The summed E-state index contributed by atoms with van der Waals surface area (Å²) in [6.07, 6.45) is -0.583. The summed E-state index contributed by atoms with van der Waals surface area (Å²) in [7, 11) is 0. The maximum absolute atomic E-state index is 11.7. The van der Waals surface area contributed by atoms with Crippen LogP contribution in [0.15, 0.2) is 20.7 Å². The van der Waals surface area contributed by atoms with Gasteiger partial charge in [0.15, 0.2) is 0 Å². The molecule has 0 saturated heterocycles. The zero-order chi connectivity index (χ0) is 14.9. The van der Waals surface area contributed by atoms with Crippen molar-refractivity contribution in [2.24, 2.45) is 0 Å². The molecule has 1 amide bonds. The van der Waals surface area contributed by atoms with Gasteiger partial charge in [0.05, 0.1) is 5.52 Å². The Bertz CT molecular complexity index is 683. The van der Waals surface area contributed by atoms with Gasteiger partial charge in [-0.15, -0.1) is 11.3 Å². The molecule has 0 aromatic carbocycles. The molecule has 7 heteroatoms. The monoisotopic (exact) mass is 296 g/mol. The first-order chi connectivity index (χ1) is 9.26. The SMILES string of the molecule is C[C@H](NC(=O)OC(C)(C)C)c1nc2ccsc2c(=O)o1. The van der Waals surface area contributed by atoms with E-state index in [1.54, 1.807) is 39.1 Å². The van der Waals surface area contributed by atoms with E-state index in [1.165, 1.54) is 11.3 Å². The van der Waals surface area contributed by atoms with Crippen LogP contribution in [0.3, 0.4) is 0 Å². The van der Waals surface area contributed by atoms with Crippen LogP contribution in [-0.2, 0) is 4.74 Å². The van der Waals surface area contributed by atoms with E-state index >= 15 is 0 Å². The van der Waals surface area contributed by atoms with Crippen LogP contribution in [0.2, 0.25) is 0 Å². The van der Waals surface area contributed by atoms with E-state index in [4.69, 9.17) is 9.15 Å². The molecule has 0 aliphatic rings. The molecular weight excluding hydrogens is 280 g/mol. The van der Waals surface area contributed by atoms with Gasteiger partial charge in [-0.2, -0.15) is 0 Å². The molecule has 1 N–H and O–H groups in total. The molecule has 108 valence electrons. The summed E-state index contributed by atoms with van der Waals surface area (Å²) in [6, 6.07) is 1.18. The Morgan fingerprint density at radius 2 is 2.20 bits per heavy atom. The van der Waals surface area contributed by atoms with Crippen molar-refractivity contribution in [3.63, 3.8) is 0 Å². The summed E-state index contributed by atoms with van der Waals surface area (Å²) < 4.78 is 10.7. The average molecular weight is 296 g/mol. The van der Waals surface area contributed by atoms with Crippen molar-refractivity contribution in [3.05, 3.63) is 27.8 Å². The summed E-state index contributed by atoms with van der Waals surface area (Å²) >= 11 is 1.28. The van der Waals surface area contributed by atoms with Crippen molar-refractivity contribution in [2.45, 2.75) is 39.3 Å². The second-order valence-corrected chi connectivity index (χ2v) is 6.26. The zero-order valence-corrected chi connectivity index (χ0v) is 12.5. The predicted octanol–water partition coefficient (Wildman–Crippen LogP) is 2.84. The van der Waals surface area contributed by atoms with Gasteiger partial charge in [0.2, 0.25) is 5.89 Å². The fourth-order valence-electron chi connectivity index (χ4n) is 1.56. The molecule has 6 nitrogen and oxygen atoms in total. The van der Waals surface area contributed by atoms with Crippen LogP contribution in [0.1, 0.15) is 39.6 Å². The quantitative estimate of drug-likeness (QED) is 0.921. The Morgan fingerprint density at radius 1 is 1.50 bits per heavy atom. The number of nitrogens with zero attached hydrogens (tertiary/aromatic N) is 1. The summed E-state index contributed by atoms with van der Waals surface area (Å²) in [6.45, 7) is 6.99. The summed E-state index contributed by atoms with van der Waals surface area (Å²) in [5.74, 6) is 0.159. The van der Waals surface area contributed by atoms with Gasteiger partial charge in [-0.3, -0.25) is 0 Å². The van der Waals surface area contributed by atoms with Crippen molar-refractivity contribution in [2.75, 3.05) is 0 Å². The lowest BCUT2D eigenvalue weighted by atomic mass is 10.2. The van der Waals surface area contributed by atoms with Gasteiger partial charge in [0.1, 0.15) is 16.3 Å². The fourth-order valence-corrected chi connectivity index (χ4v) is 2.26. The number of amides is 1. The van der Waals surface area contributed by atoms with E-state index in [-0.39, 0.29) is 5.89 Å². The standard InChI is InChI=1S/C13H16N2O4S/c1-7(14-12(17)19-13(2,3)4)10-15-8-5-6-20-9(8)11(16)18-10/h5-7H,1-4H3,(H,14,17)/t7-/m0/s1. The van der Waals surface area contributed by atoms with Crippen molar-refractivity contribution < 1.29 is 13.9 Å². The number of thiophene rings is 1.